The van der Waals surface area contributed by atoms with Gasteiger partial charge in [0, 0.05) is 11.1 Å². The van der Waals surface area contributed by atoms with Gasteiger partial charge in [-0.3, -0.25) is 0 Å². The van der Waals surface area contributed by atoms with Crippen LogP contribution in [0.3, 0.4) is 0 Å². The van der Waals surface area contributed by atoms with Crippen LogP contribution < -0.4 is 0 Å². The Balaban J connectivity index is 2.07. The summed E-state index contributed by atoms with van der Waals surface area (Å²) < 4.78 is 5.66. The zero-order chi connectivity index (χ0) is 15.4. The van der Waals surface area contributed by atoms with Gasteiger partial charge in [0.05, 0.1) is 13.2 Å². The predicted octanol–water partition coefficient (Wildman–Crippen LogP) is 3.99. The number of para-hydroxylation sites is 1. The highest BCUT2D eigenvalue weighted by Gasteiger charge is 2.09. The minimum Gasteiger partial charge on any atom is -0.507 e. The summed E-state index contributed by atoms with van der Waals surface area (Å²) in [6.45, 7) is 6.54. The summed E-state index contributed by atoms with van der Waals surface area (Å²) >= 11 is 0. The highest BCUT2D eigenvalue weighted by atomic mass is 16.5. The SMILES string of the molecule is CCc1cc(C)cc(COCc2cccc(C)c2O)c1O. The Kier molecular flexibility index (Phi) is 4.86. The summed E-state index contributed by atoms with van der Waals surface area (Å²) in [4.78, 5) is 0. The number of ether oxygens (including phenoxy) is 1. The van der Waals surface area contributed by atoms with E-state index in [2.05, 4.69) is 0 Å². The molecule has 3 nitrogen and oxygen atoms in total. The molecule has 112 valence electrons. The molecule has 0 unspecified atom stereocenters. The number of phenols is 2. The summed E-state index contributed by atoms with van der Waals surface area (Å²) in [5.41, 5.74) is 4.44. The standard InChI is InChI=1S/C18H22O3/c1-4-14-8-12(2)9-16(18(14)20)11-21-10-15-7-5-6-13(3)17(15)19/h5-9,19-20H,4,10-11H2,1-3H3. The number of hydrogen-bond acceptors (Lipinski definition) is 3. The van der Waals surface area contributed by atoms with Crippen molar-refractivity contribution in [1.82, 2.24) is 0 Å². The minimum absolute atomic E-state index is 0.278. The van der Waals surface area contributed by atoms with Gasteiger partial charge in [-0.25, -0.2) is 0 Å². The lowest BCUT2D eigenvalue weighted by molar-refractivity contribution is 0.103. The fourth-order valence-corrected chi connectivity index (χ4v) is 2.42. The van der Waals surface area contributed by atoms with Crippen LogP contribution >= 0.6 is 0 Å². The zero-order valence-corrected chi connectivity index (χ0v) is 12.8. The molecule has 0 spiro atoms. The lowest BCUT2D eigenvalue weighted by Crippen LogP contribution is -1.98. The molecule has 0 aromatic heterocycles. The second-order valence-electron chi connectivity index (χ2n) is 5.36. The predicted molar refractivity (Wildman–Crippen MR) is 83.6 cm³/mol. The van der Waals surface area contributed by atoms with Crippen molar-refractivity contribution in [2.45, 2.75) is 40.4 Å². The molecular formula is C18H22O3. The molecule has 21 heavy (non-hydrogen) atoms. The zero-order valence-electron chi connectivity index (χ0n) is 12.8. The number of aryl methyl sites for hydroxylation is 3. The molecule has 2 aromatic carbocycles. The monoisotopic (exact) mass is 286 g/mol. The van der Waals surface area contributed by atoms with Gasteiger partial charge in [-0.15, -0.1) is 0 Å². The van der Waals surface area contributed by atoms with Crippen molar-refractivity contribution in [3.05, 3.63) is 58.1 Å². The molecule has 0 aliphatic carbocycles. The van der Waals surface area contributed by atoms with E-state index in [1.165, 1.54) is 0 Å². The fraction of sp³-hybridized carbons (Fsp3) is 0.333. The molecule has 0 radical (unpaired) electrons. The van der Waals surface area contributed by atoms with Crippen LogP contribution in [0.1, 0.15) is 34.7 Å². The Morgan fingerprint density at radius 3 is 2.29 bits per heavy atom. The number of aromatic hydroxyl groups is 2. The van der Waals surface area contributed by atoms with Crippen LogP contribution in [-0.2, 0) is 24.4 Å². The average Bonchev–Trinajstić information content (AvgIpc) is 2.46. The molecule has 0 aliphatic rings. The van der Waals surface area contributed by atoms with Gasteiger partial charge in [-0.05, 0) is 31.4 Å². The summed E-state index contributed by atoms with van der Waals surface area (Å²) in [5.74, 6) is 0.594. The Labute approximate surface area is 125 Å². The molecule has 0 saturated carbocycles. The third kappa shape index (κ3) is 3.56. The summed E-state index contributed by atoms with van der Waals surface area (Å²) in [5, 5.41) is 20.1. The summed E-state index contributed by atoms with van der Waals surface area (Å²) in [6, 6.07) is 9.53. The smallest absolute Gasteiger partial charge is 0.124 e. The molecule has 0 bridgehead atoms. The van der Waals surface area contributed by atoms with E-state index in [1.54, 1.807) is 0 Å². The van der Waals surface area contributed by atoms with Gasteiger partial charge in [0.25, 0.3) is 0 Å². The molecular weight excluding hydrogens is 264 g/mol. The molecule has 0 amide bonds. The molecule has 0 fully saturated rings. The Bertz CT molecular complexity index is 633. The third-order valence-electron chi connectivity index (χ3n) is 3.63. The van der Waals surface area contributed by atoms with Gasteiger partial charge in [0.2, 0.25) is 0 Å². The van der Waals surface area contributed by atoms with Gasteiger partial charge in [-0.1, -0.05) is 42.8 Å². The Morgan fingerprint density at radius 1 is 0.905 bits per heavy atom. The largest absolute Gasteiger partial charge is 0.507 e. The molecule has 3 heteroatoms. The first kappa shape index (κ1) is 15.4. The quantitative estimate of drug-likeness (QED) is 0.873. The van der Waals surface area contributed by atoms with Crippen LogP contribution in [0.5, 0.6) is 11.5 Å². The van der Waals surface area contributed by atoms with Crippen molar-refractivity contribution >= 4 is 0 Å². The Hall–Kier alpha value is -2.00. The van der Waals surface area contributed by atoms with Gasteiger partial charge >= 0.3 is 0 Å². The van der Waals surface area contributed by atoms with Crippen LogP contribution in [0.25, 0.3) is 0 Å². The highest BCUT2D eigenvalue weighted by Crippen LogP contribution is 2.27. The number of benzene rings is 2. The van der Waals surface area contributed by atoms with E-state index in [4.69, 9.17) is 4.74 Å². The van der Waals surface area contributed by atoms with Crippen molar-refractivity contribution in [1.29, 1.82) is 0 Å². The summed E-state index contributed by atoms with van der Waals surface area (Å²) in [7, 11) is 0. The van der Waals surface area contributed by atoms with Gasteiger partial charge in [0.1, 0.15) is 11.5 Å². The van der Waals surface area contributed by atoms with E-state index in [1.807, 2.05) is 51.1 Å². The Morgan fingerprint density at radius 2 is 1.57 bits per heavy atom. The number of phenolic OH excluding ortho intramolecular Hbond substituents is 2. The number of hydrogen-bond donors (Lipinski definition) is 2. The molecule has 2 rings (SSSR count). The second-order valence-corrected chi connectivity index (χ2v) is 5.36. The van der Waals surface area contributed by atoms with Gasteiger partial charge in [-0.2, -0.15) is 0 Å². The van der Waals surface area contributed by atoms with E-state index in [0.717, 1.165) is 34.2 Å². The third-order valence-corrected chi connectivity index (χ3v) is 3.63. The van der Waals surface area contributed by atoms with Crippen LogP contribution in [0.2, 0.25) is 0 Å². The summed E-state index contributed by atoms with van der Waals surface area (Å²) in [6.07, 6.45) is 0.791. The lowest BCUT2D eigenvalue weighted by atomic mass is 10.0. The van der Waals surface area contributed by atoms with Crippen molar-refractivity contribution in [3.63, 3.8) is 0 Å². The van der Waals surface area contributed by atoms with E-state index in [0.29, 0.717) is 19.0 Å². The molecule has 0 saturated heterocycles. The van der Waals surface area contributed by atoms with E-state index in [-0.39, 0.29) is 5.75 Å². The maximum absolute atomic E-state index is 10.2. The van der Waals surface area contributed by atoms with Crippen LogP contribution in [0, 0.1) is 13.8 Å². The lowest BCUT2D eigenvalue weighted by Gasteiger charge is -2.12. The van der Waals surface area contributed by atoms with Crippen LogP contribution in [0.15, 0.2) is 30.3 Å². The molecule has 0 aliphatic heterocycles. The van der Waals surface area contributed by atoms with Gasteiger partial charge < -0.3 is 14.9 Å². The molecule has 0 heterocycles. The number of rotatable bonds is 5. The van der Waals surface area contributed by atoms with Crippen molar-refractivity contribution in [2.75, 3.05) is 0 Å². The average molecular weight is 286 g/mol. The minimum atomic E-state index is 0.278. The van der Waals surface area contributed by atoms with Crippen LogP contribution in [0.4, 0.5) is 0 Å². The van der Waals surface area contributed by atoms with Crippen molar-refractivity contribution in [2.24, 2.45) is 0 Å². The maximum atomic E-state index is 10.2. The topological polar surface area (TPSA) is 49.7 Å². The van der Waals surface area contributed by atoms with Crippen molar-refractivity contribution in [3.8, 4) is 11.5 Å². The van der Waals surface area contributed by atoms with E-state index in [9.17, 15) is 10.2 Å². The highest BCUT2D eigenvalue weighted by molar-refractivity contribution is 5.43. The maximum Gasteiger partial charge on any atom is 0.124 e. The van der Waals surface area contributed by atoms with E-state index >= 15 is 0 Å². The first-order chi connectivity index (χ1) is 10.0. The first-order valence-electron chi connectivity index (χ1n) is 7.19. The second kappa shape index (κ2) is 6.64. The molecule has 0 atom stereocenters. The normalized spacial score (nSPS) is 10.8. The van der Waals surface area contributed by atoms with E-state index < -0.39 is 0 Å². The van der Waals surface area contributed by atoms with Gasteiger partial charge in [0.15, 0.2) is 0 Å². The first-order valence-corrected chi connectivity index (χ1v) is 7.19. The molecule has 2 N–H and O–H groups in total. The fourth-order valence-electron chi connectivity index (χ4n) is 2.42. The van der Waals surface area contributed by atoms with Crippen molar-refractivity contribution < 1.29 is 14.9 Å². The van der Waals surface area contributed by atoms with Crippen LogP contribution in [-0.4, -0.2) is 10.2 Å². The molecule has 2 aromatic rings.